The van der Waals surface area contributed by atoms with E-state index >= 15 is 0 Å². The minimum absolute atomic E-state index is 0.0126. The van der Waals surface area contributed by atoms with Crippen molar-refractivity contribution in [1.29, 1.82) is 0 Å². The standard InChI is InChI=1S/C16H23NO3/c1-11-5-6-13(9-12(11)2)20-10-15(19)17-8-7-14(18)16(17,3)4/h5-6,9,14,18H,7-8,10H2,1-4H3/t14-/m0/s1. The summed E-state index contributed by atoms with van der Waals surface area (Å²) in [5.41, 5.74) is 1.84. The molecule has 0 saturated carbocycles. The summed E-state index contributed by atoms with van der Waals surface area (Å²) in [6.45, 7) is 8.43. The van der Waals surface area contributed by atoms with Crippen LogP contribution in [0, 0.1) is 13.8 Å². The normalized spacial score (nSPS) is 21.1. The Morgan fingerprint density at radius 1 is 1.40 bits per heavy atom. The monoisotopic (exact) mass is 277 g/mol. The second kappa shape index (κ2) is 5.44. The molecule has 0 aliphatic carbocycles. The van der Waals surface area contributed by atoms with Gasteiger partial charge < -0.3 is 14.7 Å². The van der Waals surface area contributed by atoms with Crippen molar-refractivity contribution in [3.8, 4) is 5.75 Å². The van der Waals surface area contributed by atoms with Gasteiger partial charge in [-0.15, -0.1) is 0 Å². The highest BCUT2D eigenvalue weighted by molar-refractivity contribution is 5.79. The Balaban J connectivity index is 1.97. The molecule has 1 aliphatic heterocycles. The fourth-order valence-corrected chi connectivity index (χ4v) is 2.55. The number of benzene rings is 1. The Bertz CT molecular complexity index is 510. The molecule has 1 aromatic rings. The Labute approximate surface area is 120 Å². The summed E-state index contributed by atoms with van der Waals surface area (Å²) in [5, 5.41) is 9.89. The lowest BCUT2D eigenvalue weighted by Gasteiger charge is -2.33. The van der Waals surface area contributed by atoms with Crippen LogP contribution in [0.25, 0.3) is 0 Å². The predicted octanol–water partition coefficient (Wildman–Crippen LogP) is 2.05. The van der Waals surface area contributed by atoms with Crippen molar-refractivity contribution < 1.29 is 14.6 Å². The number of likely N-dealkylation sites (tertiary alicyclic amines) is 1. The van der Waals surface area contributed by atoms with Crippen LogP contribution in [0.2, 0.25) is 0 Å². The number of hydrogen-bond donors (Lipinski definition) is 1. The molecule has 4 nitrogen and oxygen atoms in total. The molecule has 0 bridgehead atoms. The average Bonchev–Trinajstić information content (AvgIpc) is 2.65. The highest BCUT2D eigenvalue weighted by Gasteiger charge is 2.42. The summed E-state index contributed by atoms with van der Waals surface area (Å²) in [6, 6.07) is 5.80. The zero-order chi connectivity index (χ0) is 14.9. The maximum atomic E-state index is 12.2. The van der Waals surface area contributed by atoms with Gasteiger partial charge in [0.05, 0.1) is 11.6 Å². The van der Waals surface area contributed by atoms with Gasteiger partial charge in [0.25, 0.3) is 5.91 Å². The first-order valence-corrected chi connectivity index (χ1v) is 7.01. The van der Waals surface area contributed by atoms with E-state index in [1.165, 1.54) is 5.56 Å². The molecular formula is C16H23NO3. The van der Waals surface area contributed by atoms with Gasteiger partial charge in [0, 0.05) is 6.54 Å². The molecular weight excluding hydrogens is 254 g/mol. The number of carbonyl (C=O) groups excluding carboxylic acids is 1. The van der Waals surface area contributed by atoms with Crippen molar-refractivity contribution >= 4 is 5.91 Å². The number of hydrogen-bond acceptors (Lipinski definition) is 3. The molecule has 1 heterocycles. The van der Waals surface area contributed by atoms with Crippen LogP contribution < -0.4 is 4.74 Å². The molecule has 1 amide bonds. The number of nitrogens with zero attached hydrogens (tertiary/aromatic N) is 1. The van der Waals surface area contributed by atoms with Crippen LogP contribution in [0.3, 0.4) is 0 Å². The maximum absolute atomic E-state index is 12.2. The minimum atomic E-state index is -0.510. The van der Waals surface area contributed by atoms with E-state index in [1.54, 1.807) is 4.90 Å². The second-order valence-electron chi connectivity index (χ2n) is 6.04. The third-order valence-corrected chi connectivity index (χ3v) is 4.28. The molecule has 110 valence electrons. The number of amides is 1. The van der Waals surface area contributed by atoms with Crippen LogP contribution in [0.1, 0.15) is 31.4 Å². The lowest BCUT2D eigenvalue weighted by atomic mass is 9.99. The molecule has 0 radical (unpaired) electrons. The molecule has 0 aromatic heterocycles. The van der Waals surface area contributed by atoms with Gasteiger partial charge in [-0.05, 0) is 57.4 Å². The molecule has 1 aromatic carbocycles. The predicted molar refractivity (Wildman–Crippen MR) is 77.8 cm³/mol. The summed E-state index contributed by atoms with van der Waals surface area (Å²) in [4.78, 5) is 13.9. The highest BCUT2D eigenvalue weighted by atomic mass is 16.5. The van der Waals surface area contributed by atoms with Crippen LogP contribution in [-0.2, 0) is 4.79 Å². The molecule has 0 spiro atoms. The van der Waals surface area contributed by atoms with Crippen molar-refractivity contribution in [2.45, 2.75) is 45.8 Å². The van der Waals surface area contributed by atoms with Gasteiger partial charge in [-0.2, -0.15) is 0 Å². The molecule has 1 atom stereocenters. The molecule has 20 heavy (non-hydrogen) atoms. The zero-order valence-electron chi connectivity index (χ0n) is 12.6. The first kappa shape index (κ1) is 14.9. The van der Waals surface area contributed by atoms with Crippen molar-refractivity contribution in [1.82, 2.24) is 4.90 Å². The third-order valence-electron chi connectivity index (χ3n) is 4.28. The van der Waals surface area contributed by atoms with E-state index in [-0.39, 0.29) is 12.5 Å². The van der Waals surface area contributed by atoms with E-state index in [9.17, 15) is 9.90 Å². The Morgan fingerprint density at radius 2 is 2.10 bits per heavy atom. The summed E-state index contributed by atoms with van der Waals surface area (Å²) < 4.78 is 5.57. The minimum Gasteiger partial charge on any atom is -0.484 e. The van der Waals surface area contributed by atoms with E-state index in [0.29, 0.717) is 18.7 Å². The van der Waals surface area contributed by atoms with E-state index in [1.807, 2.05) is 45.9 Å². The quantitative estimate of drug-likeness (QED) is 0.920. The molecule has 2 rings (SSSR count). The zero-order valence-corrected chi connectivity index (χ0v) is 12.6. The lowest BCUT2D eigenvalue weighted by Crippen LogP contribution is -2.49. The van der Waals surface area contributed by atoms with Gasteiger partial charge in [-0.1, -0.05) is 6.07 Å². The smallest absolute Gasteiger partial charge is 0.261 e. The van der Waals surface area contributed by atoms with Gasteiger partial charge in [-0.25, -0.2) is 0 Å². The summed E-state index contributed by atoms with van der Waals surface area (Å²) in [7, 11) is 0. The summed E-state index contributed by atoms with van der Waals surface area (Å²) >= 11 is 0. The number of carbonyl (C=O) groups is 1. The highest BCUT2D eigenvalue weighted by Crippen LogP contribution is 2.29. The maximum Gasteiger partial charge on any atom is 0.261 e. The summed E-state index contributed by atoms with van der Waals surface area (Å²) in [5.74, 6) is 0.628. The number of rotatable bonds is 3. The molecule has 1 aliphatic rings. The van der Waals surface area contributed by atoms with E-state index in [4.69, 9.17) is 4.74 Å². The van der Waals surface area contributed by atoms with Crippen LogP contribution >= 0.6 is 0 Å². The molecule has 4 heteroatoms. The van der Waals surface area contributed by atoms with Crippen molar-refractivity contribution in [3.05, 3.63) is 29.3 Å². The average molecular weight is 277 g/mol. The Kier molecular flexibility index (Phi) is 4.04. The van der Waals surface area contributed by atoms with Crippen LogP contribution in [0.5, 0.6) is 5.75 Å². The lowest BCUT2D eigenvalue weighted by molar-refractivity contribution is -0.138. The van der Waals surface area contributed by atoms with Crippen LogP contribution in [-0.4, -0.2) is 40.7 Å². The molecule has 1 N–H and O–H groups in total. The van der Waals surface area contributed by atoms with Crippen molar-refractivity contribution in [3.63, 3.8) is 0 Å². The second-order valence-corrected chi connectivity index (χ2v) is 6.04. The Hall–Kier alpha value is -1.55. The third kappa shape index (κ3) is 2.80. The van der Waals surface area contributed by atoms with E-state index < -0.39 is 11.6 Å². The summed E-state index contributed by atoms with van der Waals surface area (Å²) in [6.07, 6.45) is 0.163. The van der Waals surface area contributed by atoms with Gasteiger partial charge in [0.15, 0.2) is 6.61 Å². The number of aliphatic hydroxyl groups is 1. The van der Waals surface area contributed by atoms with E-state index in [0.717, 1.165) is 5.56 Å². The SMILES string of the molecule is Cc1ccc(OCC(=O)N2CC[C@H](O)C2(C)C)cc1C. The van der Waals surface area contributed by atoms with Gasteiger partial charge >= 0.3 is 0 Å². The largest absolute Gasteiger partial charge is 0.484 e. The Morgan fingerprint density at radius 3 is 2.65 bits per heavy atom. The molecule has 1 fully saturated rings. The molecule has 1 saturated heterocycles. The number of ether oxygens (including phenoxy) is 1. The van der Waals surface area contributed by atoms with E-state index in [2.05, 4.69) is 0 Å². The first-order chi connectivity index (χ1) is 9.32. The fraction of sp³-hybridized carbons (Fsp3) is 0.562. The number of aliphatic hydroxyl groups excluding tert-OH is 1. The van der Waals surface area contributed by atoms with Crippen molar-refractivity contribution in [2.24, 2.45) is 0 Å². The van der Waals surface area contributed by atoms with Gasteiger partial charge in [-0.3, -0.25) is 4.79 Å². The first-order valence-electron chi connectivity index (χ1n) is 7.01. The topological polar surface area (TPSA) is 49.8 Å². The van der Waals surface area contributed by atoms with Crippen LogP contribution in [0.4, 0.5) is 0 Å². The molecule has 0 unspecified atom stereocenters. The van der Waals surface area contributed by atoms with Crippen LogP contribution in [0.15, 0.2) is 18.2 Å². The van der Waals surface area contributed by atoms with Crippen molar-refractivity contribution in [2.75, 3.05) is 13.2 Å². The number of aryl methyl sites for hydroxylation is 2. The van der Waals surface area contributed by atoms with Gasteiger partial charge in [0.1, 0.15) is 5.75 Å². The van der Waals surface area contributed by atoms with Gasteiger partial charge in [0.2, 0.25) is 0 Å². The fourth-order valence-electron chi connectivity index (χ4n) is 2.55.